The van der Waals surface area contributed by atoms with Crippen molar-refractivity contribution in [1.29, 1.82) is 0 Å². The van der Waals surface area contributed by atoms with Crippen LogP contribution in [0.3, 0.4) is 0 Å². The Kier molecular flexibility index (Phi) is 4.41. The van der Waals surface area contributed by atoms with Crippen molar-refractivity contribution in [3.05, 3.63) is 48.3 Å². The molecular formula is C13H14N2O2S. The lowest BCUT2D eigenvalue weighted by Gasteiger charge is -2.06. The molecule has 0 fully saturated rings. The number of carboxylic acid groups (broad SMARTS) is 1. The minimum absolute atomic E-state index is 0.156. The largest absolute Gasteiger partial charge is 0.481 e. The molecule has 18 heavy (non-hydrogen) atoms. The van der Waals surface area contributed by atoms with Gasteiger partial charge in [0.05, 0.1) is 6.42 Å². The van der Waals surface area contributed by atoms with E-state index in [0.717, 1.165) is 11.7 Å². The Balaban J connectivity index is 1.97. The number of hydrogen-bond donors (Lipinski definition) is 1. The van der Waals surface area contributed by atoms with E-state index in [1.54, 1.807) is 6.20 Å². The van der Waals surface area contributed by atoms with Crippen molar-refractivity contribution >= 4 is 17.7 Å². The Hall–Kier alpha value is -1.75. The second kappa shape index (κ2) is 6.26. The van der Waals surface area contributed by atoms with Gasteiger partial charge in [-0.05, 0) is 5.56 Å². The first-order valence-corrected chi connectivity index (χ1v) is 6.64. The topological polar surface area (TPSA) is 55.1 Å². The number of nitrogens with zero attached hydrogens (tertiary/aromatic N) is 2. The highest BCUT2D eigenvalue weighted by Crippen LogP contribution is 2.17. The van der Waals surface area contributed by atoms with E-state index in [4.69, 9.17) is 5.11 Å². The molecule has 1 heterocycles. The van der Waals surface area contributed by atoms with Gasteiger partial charge in [0.2, 0.25) is 0 Å². The van der Waals surface area contributed by atoms with E-state index in [1.165, 1.54) is 17.3 Å². The number of carboxylic acids is 1. The molecule has 0 atom stereocenters. The van der Waals surface area contributed by atoms with Gasteiger partial charge in [0.1, 0.15) is 0 Å². The third-order valence-electron chi connectivity index (χ3n) is 2.42. The SMILES string of the molecule is O=C(O)CCSc1nccn1Cc1ccccc1. The van der Waals surface area contributed by atoms with Gasteiger partial charge < -0.3 is 9.67 Å². The predicted molar refractivity (Wildman–Crippen MR) is 70.7 cm³/mol. The van der Waals surface area contributed by atoms with E-state index in [2.05, 4.69) is 17.1 Å². The van der Waals surface area contributed by atoms with Crippen LogP contribution in [0.2, 0.25) is 0 Å². The molecule has 0 radical (unpaired) electrons. The molecule has 1 aromatic heterocycles. The molecule has 0 bridgehead atoms. The average molecular weight is 262 g/mol. The molecule has 2 rings (SSSR count). The highest BCUT2D eigenvalue weighted by molar-refractivity contribution is 7.99. The number of carbonyl (C=O) groups is 1. The minimum atomic E-state index is -0.774. The maximum absolute atomic E-state index is 10.5. The van der Waals surface area contributed by atoms with Crippen molar-refractivity contribution in [1.82, 2.24) is 9.55 Å². The fourth-order valence-corrected chi connectivity index (χ4v) is 2.45. The summed E-state index contributed by atoms with van der Waals surface area (Å²) in [6.07, 6.45) is 3.81. The van der Waals surface area contributed by atoms with Crippen LogP contribution >= 0.6 is 11.8 Å². The maximum Gasteiger partial charge on any atom is 0.304 e. The summed E-state index contributed by atoms with van der Waals surface area (Å²) in [4.78, 5) is 14.7. The second-order valence-electron chi connectivity index (χ2n) is 3.82. The van der Waals surface area contributed by atoms with Gasteiger partial charge in [0.15, 0.2) is 5.16 Å². The average Bonchev–Trinajstić information content (AvgIpc) is 2.78. The zero-order valence-electron chi connectivity index (χ0n) is 9.82. The molecule has 0 aliphatic rings. The molecule has 0 unspecified atom stereocenters. The fraction of sp³-hybridized carbons (Fsp3) is 0.231. The number of hydrogen-bond acceptors (Lipinski definition) is 3. The van der Waals surface area contributed by atoms with Gasteiger partial charge in [0.25, 0.3) is 0 Å². The normalized spacial score (nSPS) is 10.4. The Morgan fingerprint density at radius 3 is 2.83 bits per heavy atom. The number of aromatic nitrogens is 2. The van der Waals surface area contributed by atoms with Gasteiger partial charge in [-0.25, -0.2) is 4.98 Å². The van der Waals surface area contributed by atoms with Crippen LogP contribution in [0, 0.1) is 0 Å². The lowest BCUT2D eigenvalue weighted by Crippen LogP contribution is -2.02. The van der Waals surface area contributed by atoms with Gasteiger partial charge in [-0.2, -0.15) is 0 Å². The Labute approximate surface area is 110 Å². The highest BCUT2D eigenvalue weighted by atomic mass is 32.2. The molecule has 0 saturated heterocycles. The third-order valence-corrected chi connectivity index (χ3v) is 3.43. The van der Waals surface area contributed by atoms with Gasteiger partial charge in [-0.1, -0.05) is 42.1 Å². The highest BCUT2D eigenvalue weighted by Gasteiger charge is 2.05. The Bertz CT molecular complexity index is 511. The number of benzene rings is 1. The van der Waals surface area contributed by atoms with Gasteiger partial charge in [-0.3, -0.25) is 4.79 Å². The molecule has 5 heteroatoms. The standard InChI is InChI=1S/C13H14N2O2S/c16-12(17)6-9-18-13-14-7-8-15(13)10-11-4-2-1-3-5-11/h1-5,7-8H,6,9-10H2,(H,16,17). The monoisotopic (exact) mass is 262 g/mol. The smallest absolute Gasteiger partial charge is 0.304 e. The molecule has 94 valence electrons. The summed E-state index contributed by atoms with van der Waals surface area (Å²) in [5.74, 6) is -0.232. The molecule has 1 N–H and O–H groups in total. The summed E-state index contributed by atoms with van der Waals surface area (Å²) in [6, 6.07) is 10.1. The van der Waals surface area contributed by atoms with Crippen molar-refractivity contribution in [2.24, 2.45) is 0 Å². The van der Waals surface area contributed by atoms with Gasteiger partial charge in [0, 0.05) is 24.7 Å². The summed E-state index contributed by atoms with van der Waals surface area (Å²) >= 11 is 1.47. The first-order chi connectivity index (χ1) is 8.75. The van der Waals surface area contributed by atoms with Crippen LogP contribution in [0.5, 0.6) is 0 Å². The van der Waals surface area contributed by atoms with Crippen LogP contribution in [0.1, 0.15) is 12.0 Å². The van der Waals surface area contributed by atoms with Crippen molar-refractivity contribution in [3.63, 3.8) is 0 Å². The first-order valence-electron chi connectivity index (χ1n) is 5.65. The lowest BCUT2D eigenvalue weighted by atomic mass is 10.2. The number of aliphatic carboxylic acids is 1. The Morgan fingerprint density at radius 2 is 2.11 bits per heavy atom. The summed E-state index contributed by atoms with van der Waals surface area (Å²) in [5.41, 5.74) is 1.20. The molecule has 0 saturated carbocycles. The molecule has 0 spiro atoms. The van der Waals surface area contributed by atoms with E-state index in [9.17, 15) is 4.79 Å². The first kappa shape index (κ1) is 12.7. The van der Waals surface area contributed by atoms with Crippen LogP contribution in [-0.4, -0.2) is 26.4 Å². The molecule has 1 aromatic carbocycles. The van der Waals surface area contributed by atoms with E-state index >= 15 is 0 Å². The molecule has 2 aromatic rings. The van der Waals surface area contributed by atoms with Crippen LogP contribution in [0.25, 0.3) is 0 Å². The molecule has 0 aliphatic heterocycles. The molecular weight excluding hydrogens is 248 g/mol. The molecule has 4 nitrogen and oxygen atoms in total. The van der Waals surface area contributed by atoms with Crippen molar-refractivity contribution < 1.29 is 9.90 Å². The number of thioether (sulfide) groups is 1. The summed E-state index contributed by atoms with van der Waals surface area (Å²) in [5, 5.41) is 9.47. The quantitative estimate of drug-likeness (QED) is 0.813. The lowest BCUT2D eigenvalue weighted by molar-refractivity contribution is -0.136. The van der Waals surface area contributed by atoms with Crippen molar-refractivity contribution in [2.45, 2.75) is 18.1 Å². The van der Waals surface area contributed by atoms with E-state index in [-0.39, 0.29) is 6.42 Å². The zero-order chi connectivity index (χ0) is 12.8. The van der Waals surface area contributed by atoms with Crippen LogP contribution in [0.15, 0.2) is 47.9 Å². The van der Waals surface area contributed by atoms with E-state index < -0.39 is 5.97 Å². The van der Waals surface area contributed by atoms with E-state index in [0.29, 0.717) is 5.75 Å². The molecule has 0 aliphatic carbocycles. The summed E-state index contributed by atoms with van der Waals surface area (Å²) < 4.78 is 2.03. The molecule has 0 amide bonds. The fourth-order valence-electron chi connectivity index (χ4n) is 1.57. The van der Waals surface area contributed by atoms with Crippen LogP contribution in [-0.2, 0) is 11.3 Å². The summed E-state index contributed by atoms with van der Waals surface area (Å²) in [7, 11) is 0. The van der Waals surface area contributed by atoms with Crippen molar-refractivity contribution in [2.75, 3.05) is 5.75 Å². The van der Waals surface area contributed by atoms with Gasteiger partial charge >= 0.3 is 5.97 Å². The minimum Gasteiger partial charge on any atom is -0.481 e. The van der Waals surface area contributed by atoms with E-state index in [1.807, 2.05) is 29.0 Å². The second-order valence-corrected chi connectivity index (χ2v) is 4.88. The van der Waals surface area contributed by atoms with Gasteiger partial charge in [-0.15, -0.1) is 0 Å². The van der Waals surface area contributed by atoms with Crippen LogP contribution < -0.4 is 0 Å². The third kappa shape index (κ3) is 3.63. The summed E-state index contributed by atoms with van der Waals surface area (Å²) in [6.45, 7) is 0.760. The maximum atomic E-state index is 10.5. The number of imidazole rings is 1. The Morgan fingerprint density at radius 1 is 1.33 bits per heavy atom. The predicted octanol–water partition coefficient (Wildman–Crippen LogP) is 2.50. The number of rotatable bonds is 6. The van der Waals surface area contributed by atoms with Crippen molar-refractivity contribution in [3.8, 4) is 0 Å². The zero-order valence-corrected chi connectivity index (χ0v) is 10.6. The van der Waals surface area contributed by atoms with Crippen LogP contribution in [0.4, 0.5) is 0 Å².